The van der Waals surface area contributed by atoms with Gasteiger partial charge in [0.25, 0.3) is 11.6 Å². The molecule has 0 saturated carbocycles. The van der Waals surface area contributed by atoms with Crippen LogP contribution in [0.15, 0.2) is 42.5 Å². The molecule has 2 N–H and O–H groups in total. The summed E-state index contributed by atoms with van der Waals surface area (Å²) in [6, 6.07) is 12.7. The van der Waals surface area contributed by atoms with Gasteiger partial charge in [0, 0.05) is 59.3 Å². The summed E-state index contributed by atoms with van der Waals surface area (Å²) < 4.78 is 0. The number of nitrogens with zero attached hydrogens (tertiary/aromatic N) is 4. The molecule has 0 atom stereocenters. The van der Waals surface area contributed by atoms with Crippen LogP contribution in [0.25, 0.3) is 0 Å². The maximum absolute atomic E-state index is 12.2. The number of benzene rings is 2. The van der Waals surface area contributed by atoms with Crippen LogP contribution in [0.3, 0.4) is 0 Å². The van der Waals surface area contributed by atoms with E-state index in [1.165, 1.54) is 17.0 Å². The number of hydrogen-bond acceptors (Lipinski definition) is 7. The molecule has 2 fully saturated rings. The Morgan fingerprint density at radius 2 is 1.78 bits per heavy atom. The minimum Gasteiger partial charge on any atom is -0.392 e. The standard InChI is InChI=1S/C19H26ClN5O4.C7H8O/c1-12(26)23-6-4-14(5-7-23)24-10-13(11-24)21-17-9-16(20)15(19(27)22(2)3)8-18(17)25(28)29;8-6-7-4-2-1-3-5-7/h8-9,13-14,21H,4-7,10-11H2,1-3H3;1-5,8H,6H2. The summed E-state index contributed by atoms with van der Waals surface area (Å²) in [5.74, 6) is -0.261. The van der Waals surface area contributed by atoms with Crippen LogP contribution < -0.4 is 5.32 Å². The fourth-order valence-electron chi connectivity index (χ4n) is 4.48. The molecule has 2 amide bonds. The lowest BCUT2D eigenvalue weighted by atomic mass is 9.97. The fraction of sp³-hybridized carbons (Fsp3) is 0.462. The first-order valence-electron chi connectivity index (χ1n) is 12.2. The molecule has 10 nitrogen and oxygen atoms in total. The molecule has 0 bridgehead atoms. The zero-order chi connectivity index (χ0) is 27.1. The smallest absolute Gasteiger partial charge is 0.293 e. The van der Waals surface area contributed by atoms with Crippen molar-refractivity contribution >= 4 is 34.8 Å². The van der Waals surface area contributed by atoms with Crippen LogP contribution >= 0.6 is 11.6 Å². The SMILES string of the molecule is CC(=O)N1CCC(N2CC(Nc3cc(Cl)c(C(=O)N(C)C)cc3[N+](=O)[O-])C2)CC1.OCc1ccccc1. The summed E-state index contributed by atoms with van der Waals surface area (Å²) in [5.41, 5.74) is 1.24. The van der Waals surface area contributed by atoms with Gasteiger partial charge in [0.15, 0.2) is 0 Å². The van der Waals surface area contributed by atoms with Gasteiger partial charge in [-0.2, -0.15) is 0 Å². The number of nitro groups is 1. The minimum atomic E-state index is -0.501. The number of piperidine rings is 1. The number of aliphatic hydroxyl groups excluding tert-OH is 1. The maximum Gasteiger partial charge on any atom is 0.293 e. The third kappa shape index (κ3) is 7.41. The molecular weight excluding hydrogens is 498 g/mol. The molecule has 0 aromatic heterocycles. The van der Waals surface area contributed by atoms with Gasteiger partial charge >= 0.3 is 0 Å². The first kappa shape index (κ1) is 28.4. The van der Waals surface area contributed by atoms with E-state index in [9.17, 15) is 19.7 Å². The number of carbonyl (C=O) groups is 2. The maximum atomic E-state index is 12.2. The van der Waals surface area contributed by atoms with E-state index in [0.717, 1.165) is 44.6 Å². The summed E-state index contributed by atoms with van der Waals surface area (Å²) >= 11 is 6.23. The number of carbonyl (C=O) groups excluding carboxylic acids is 2. The lowest BCUT2D eigenvalue weighted by Crippen LogP contribution is -2.60. The van der Waals surface area contributed by atoms with Crippen molar-refractivity contribution in [3.05, 3.63) is 68.7 Å². The Bertz CT molecular complexity index is 1100. The first-order valence-corrected chi connectivity index (χ1v) is 12.6. The Labute approximate surface area is 221 Å². The number of nitro benzene ring substituents is 1. The number of hydrogen-bond donors (Lipinski definition) is 2. The summed E-state index contributed by atoms with van der Waals surface area (Å²) in [4.78, 5) is 40.2. The monoisotopic (exact) mass is 531 g/mol. The van der Waals surface area contributed by atoms with Crippen molar-refractivity contribution in [3.63, 3.8) is 0 Å². The number of rotatable bonds is 6. The van der Waals surface area contributed by atoms with Crippen LogP contribution in [0.2, 0.25) is 5.02 Å². The van der Waals surface area contributed by atoms with Crippen molar-refractivity contribution < 1.29 is 19.6 Å². The minimum absolute atomic E-state index is 0.0750. The van der Waals surface area contributed by atoms with Gasteiger partial charge in [0.05, 0.1) is 28.2 Å². The lowest BCUT2D eigenvalue weighted by molar-refractivity contribution is -0.384. The van der Waals surface area contributed by atoms with Crippen LogP contribution in [0, 0.1) is 10.1 Å². The number of aliphatic hydroxyl groups is 1. The predicted molar refractivity (Wildman–Crippen MR) is 143 cm³/mol. The molecule has 2 aliphatic heterocycles. The fourth-order valence-corrected chi connectivity index (χ4v) is 4.73. The summed E-state index contributed by atoms with van der Waals surface area (Å²) in [5, 5.41) is 23.4. The van der Waals surface area contributed by atoms with Gasteiger partial charge in [-0.25, -0.2) is 0 Å². The van der Waals surface area contributed by atoms with E-state index in [1.54, 1.807) is 21.0 Å². The summed E-state index contributed by atoms with van der Waals surface area (Å²) in [7, 11) is 3.14. The molecule has 0 aliphatic carbocycles. The Balaban J connectivity index is 0.000000405. The second kappa shape index (κ2) is 12.8. The molecule has 2 heterocycles. The van der Waals surface area contributed by atoms with Crippen molar-refractivity contribution in [1.82, 2.24) is 14.7 Å². The van der Waals surface area contributed by atoms with E-state index < -0.39 is 4.92 Å². The second-order valence-corrected chi connectivity index (χ2v) is 9.89. The average Bonchev–Trinajstić information content (AvgIpc) is 2.86. The first-order chi connectivity index (χ1) is 17.6. The van der Waals surface area contributed by atoms with Crippen molar-refractivity contribution in [2.75, 3.05) is 45.6 Å². The van der Waals surface area contributed by atoms with Crippen LogP contribution in [-0.2, 0) is 11.4 Å². The van der Waals surface area contributed by atoms with E-state index in [1.807, 2.05) is 35.2 Å². The van der Waals surface area contributed by atoms with Crippen molar-refractivity contribution in [2.45, 2.75) is 38.5 Å². The lowest BCUT2D eigenvalue weighted by Gasteiger charge is -2.47. The molecule has 2 aromatic rings. The quantitative estimate of drug-likeness (QED) is 0.434. The average molecular weight is 532 g/mol. The van der Waals surface area contributed by atoms with Gasteiger partial charge < -0.3 is 20.2 Å². The van der Waals surface area contributed by atoms with Crippen LogP contribution in [-0.4, -0.2) is 88.9 Å². The number of likely N-dealkylation sites (tertiary alicyclic amines) is 2. The van der Waals surface area contributed by atoms with Crippen molar-refractivity contribution in [3.8, 4) is 0 Å². The van der Waals surface area contributed by atoms with Crippen LogP contribution in [0.4, 0.5) is 11.4 Å². The molecule has 0 unspecified atom stereocenters. The topological polar surface area (TPSA) is 119 Å². The van der Waals surface area contributed by atoms with E-state index in [-0.39, 0.29) is 40.7 Å². The molecule has 2 aliphatic rings. The van der Waals surface area contributed by atoms with E-state index in [4.69, 9.17) is 16.7 Å². The molecule has 0 radical (unpaired) electrons. The third-order valence-corrected chi connectivity index (χ3v) is 6.95. The summed E-state index contributed by atoms with van der Waals surface area (Å²) in [6.45, 7) is 4.84. The van der Waals surface area contributed by atoms with Gasteiger partial charge in [-0.15, -0.1) is 0 Å². The van der Waals surface area contributed by atoms with Gasteiger partial charge in [-0.05, 0) is 24.5 Å². The van der Waals surface area contributed by atoms with Gasteiger partial charge in [-0.1, -0.05) is 41.9 Å². The predicted octanol–water partition coefficient (Wildman–Crippen LogP) is 3.24. The highest BCUT2D eigenvalue weighted by atomic mass is 35.5. The second-order valence-electron chi connectivity index (χ2n) is 9.48. The largest absolute Gasteiger partial charge is 0.392 e. The molecular formula is C26H34ClN5O5. The Morgan fingerprint density at radius 1 is 1.16 bits per heavy atom. The van der Waals surface area contributed by atoms with E-state index in [2.05, 4.69) is 10.2 Å². The number of anilines is 1. The Kier molecular flexibility index (Phi) is 9.85. The van der Waals surface area contributed by atoms with Crippen LogP contribution in [0.5, 0.6) is 0 Å². The Hall–Kier alpha value is -3.21. The highest BCUT2D eigenvalue weighted by molar-refractivity contribution is 6.34. The van der Waals surface area contributed by atoms with Crippen molar-refractivity contribution in [1.29, 1.82) is 0 Å². The molecule has 0 spiro atoms. The molecule has 4 rings (SSSR count). The summed E-state index contributed by atoms with van der Waals surface area (Å²) in [6.07, 6.45) is 1.89. The van der Waals surface area contributed by atoms with Gasteiger partial charge in [0.1, 0.15) is 5.69 Å². The number of nitrogens with one attached hydrogen (secondary N) is 1. The van der Waals surface area contributed by atoms with Gasteiger partial charge in [-0.3, -0.25) is 24.6 Å². The zero-order valence-corrected chi connectivity index (χ0v) is 22.1. The Morgan fingerprint density at radius 3 is 2.27 bits per heavy atom. The molecule has 2 saturated heterocycles. The third-order valence-electron chi connectivity index (χ3n) is 6.64. The highest BCUT2D eigenvalue weighted by Gasteiger charge is 2.35. The highest BCUT2D eigenvalue weighted by Crippen LogP contribution is 2.33. The molecule has 200 valence electrons. The molecule has 2 aromatic carbocycles. The molecule has 37 heavy (non-hydrogen) atoms. The van der Waals surface area contributed by atoms with Crippen molar-refractivity contribution in [2.24, 2.45) is 0 Å². The van der Waals surface area contributed by atoms with Crippen LogP contribution in [0.1, 0.15) is 35.7 Å². The van der Waals surface area contributed by atoms with Gasteiger partial charge in [0.2, 0.25) is 5.91 Å². The number of halogens is 1. The normalized spacial score (nSPS) is 16.3. The molecule has 11 heteroatoms. The number of amides is 2. The van der Waals surface area contributed by atoms with E-state index in [0.29, 0.717) is 11.7 Å². The van der Waals surface area contributed by atoms with E-state index >= 15 is 0 Å². The zero-order valence-electron chi connectivity index (χ0n) is 21.4.